The maximum Gasteiger partial charge on any atom is 0.323 e. The number of likely N-dealkylation sites (tertiary alicyclic amines) is 1. The van der Waals surface area contributed by atoms with Crippen LogP contribution in [0.15, 0.2) is 34.9 Å². The molecule has 1 aliphatic heterocycles. The fourth-order valence-corrected chi connectivity index (χ4v) is 4.20. The Bertz CT molecular complexity index is 937. The lowest BCUT2D eigenvalue weighted by molar-refractivity contribution is 0.184. The lowest BCUT2D eigenvalue weighted by atomic mass is 9.98. The minimum atomic E-state index is -0.140. The number of hydrogen-bond donors (Lipinski definition) is 1. The molecule has 7 nitrogen and oxygen atoms in total. The van der Waals surface area contributed by atoms with Crippen LogP contribution in [0.1, 0.15) is 35.5 Å². The van der Waals surface area contributed by atoms with Gasteiger partial charge in [-0.15, -0.1) is 11.3 Å². The van der Waals surface area contributed by atoms with Crippen molar-refractivity contribution in [3.8, 4) is 10.4 Å². The largest absolute Gasteiger partial charge is 0.339 e. The van der Waals surface area contributed by atoms with Crippen molar-refractivity contribution < 1.29 is 9.32 Å². The van der Waals surface area contributed by atoms with Gasteiger partial charge in [-0.05, 0) is 32.3 Å². The van der Waals surface area contributed by atoms with E-state index in [2.05, 4.69) is 20.4 Å². The highest BCUT2D eigenvalue weighted by molar-refractivity contribution is 7.15. The molecule has 0 unspecified atom stereocenters. The standard InChI is InChI=1S/C19H21N5O2S/c1-12-20-18(26-23-12)15-9-6-10-24(11-15)19(25)22-17-16(27-13(2)21-17)14-7-4-3-5-8-14/h3-5,7-8,15H,6,9-11H2,1-2H3,(H,22,25)/t15-/m1/s1. The molecule has 1 atom stereocenters. The number of nitrogens with zero attached hydrogens (tertiary/aromatic N) is 4. The summed E-state index contributed by atoms with van der Waals surface area (Å²) < 4.78 is 5.30. The number of amides is 2. The molecule has 0 bridgehead atoms. The summed E-state index contributed by atoms with van der Waals surface area (Å²) in [5.74, 6) is 1.93. The molecule has 2 aromatic heterocycles. The molecule has 1 fully saturated rings. The number of aromatic nitrogens is 3. The molecule has 0 radical (unpaired) electrons. The van der Waals surface area contributed by atoms with Crippen molar-refractivity contribution in [2.45, 2.75) is 32.6 Å². The molecular weight excluding hydrogens is 362 g/mol. The second kappa shape index (κ2) is 7.48. The summed E-state index contributed by atoms with van der Waals surface area (Å²) in [6.07, 6.45) is 1.84. The molecule has 0 aliphatic carbocycles. The zero-order chi connectivity index (χ0) is 18.8. The van der Waals surface area contributed by atoms with Crippen LogP contribution in [-0.2, 0) is 0 Å². The Morgan fingerprint density at radius 1 is 1.26 bits per heavy atom. The van der Waals surface area contributed by atoms with Crippen molar-refractivity contribution in [2.24, 2.45) is 0 Å². The highest BCUT2D eigenvalue weighted by Gasteiger charge is 2.29. The average molecular weight is 383 g/mol. The summed E-state index contributed by atoms with van der Waals surface area (Å²) in [6, 6.07) is 9.85. The van der Waals surface area contributed by atoms with E-state index in [1.165, 1.54) is 0 Å². The summed E-state index contributed by atoms with van der Waals surface area (Å²) in [5.41, 5.74) is 1.05. The fourth-order valence-electron chi connectivity index (χ4n) is 3.32. The normalized spacial score (nSPS) is 17.1. The first-order valence-electron chi connectivity index (χ1n) is 8.99. The van der Waals surface area contributed by atoms with Crippen molar-refractivity contribution in [3.63, 3.8) is 0 Å². The smallest absolute Gasteiger partial charge is 0.323 e. The van der Waals surface area contributed by atoms with Crippen molar-refractivity contribution in [3.05, 3.63) is 47.1 Å². The van der Waals surface area contributed by atoms with Gasteiger partial charge in [0.2, 0.25) is 5.89 Å². The van der Waals surface area contributed by atoms with Crippen LogP contribution in [-0.4, -0.2) is 39.1 Å². The number of urea groups is 1. The van der Waals surface area contributed by atoms with Crippen LogP contribution in [0.3, 0.4) is 0 Å². The minimum absolute atomic E-state index is 0.0801. The zero-order valence-electron chi connectivity index (χ0n) is 15.3. The lowest BCUT2D eigenvalue weighted by Crippen LogP contribution is -2.41. The van der Waals surface area contributed by atoms with Gasteiger partial charge in [-0.3, -0.25) is 5.32 Å². The van der Waals surface area contributed by atoms with Gasteiger partial charge < -0.3 is 9.42 Å². The first-order valence-corrected chi connectivity index (χ1v) is 9.81. The van der Waals surface area contributed by atoms with E-state index < -0.39 is 0 Å². The van der Waals surface area contributed by atoms with Crippen LogP contribution in [0.4, 0.5) is 10.6 Å². The zero-order valence-corrected chi connectivity index (χ0v) is 16.1. The molecule has 0 spiro atoms. The second-order valence-electron chi connectivity index (χ2n) is 6.67. The van der Waals surface area contributed by atoms with Crippen LogP contribution in [0.25, 0.3) is 10.4 Å². The van der Waals surface area contributed by atoms with Crippen LogP contribution in [0, 0.1) is 13.8 Å². The molecule has 0 saturated carbocycles. The average Bonchev–Trinajstić information content (AvgIpc) is 3.28. The number of rotatable bonds is 3. The third-order valence-corrected chi connectivity index (χ3v) is 5.62. The highest BCUT2D eigenvalue weighted by atomic mass is 32.1. The van der Waals surface area contributed by atoms with E-state index in [1.807, 2.05) is 37.3 Å². The predicted molar refractivity (Wildman–Crippen MR) is 104 cm³/mol. The number of nitrogens with one attached hydrogen (secondary N) is 1. The van der Waals surface area contributed by atoms with E-state index in [9.17, 15) is 4.79 Å². The van der Waals surface area contributed by atoms with Crippen LogP contribution >= 0.6 is 11.3 Å². The number of carbonyl (C=O) groups excluding carboxylic acids is 1. The van der Waals surface area contributed by atoms with Crippen LogP contribution in [0.2, 0.25) is 0 Å². The summed E-state index contributed by atoms with van der Waals surface area (Å²) >= 11 is 1.58. The summed E-state index contributed by atoms with van der Waals surface area (Å²) in [4.78, 5) is 24.5. The van der Waals surface area contributed by atoms with Gasteiger partial charge in [0.05, 0.1) is 15.8 Å². The molecule has 3 aromatic rings. The van der Waals surface area contributed by atoms with Gasteiger partial charge in [0, 0.05) is 13.1 Å². The Hall–Kier alpha value is -2.74. The minimum Gasteiger partial charge on any atom is -0.339 e. The van der Waals surface area contributed by atoms with Gasteiger partial charge in [0.1, 0.15) is 0 Å². The van der Waals surface area contributed by atoms with E-state index >= 15 is 0 Å². The Kier molecular flexibility index (Phi) is 4.89. The molecule has 1 saturated heterocycles. The van der Waals surface area contributed by atoms with Gasteiger partial charge >= 0.3 is 6.03 Å². The first kappa shape index (κ1) is 17.7. The molecule has 27 heavy (non-hydrogen) atoms. The molecule has 3 heterocycles. The van der Waals surface area contributed by atoms with Crippen LogP contribution in [0.5, 0.6) is 0 Å². The van der Waals surface area contributed by atoms with Crippen molar-refractivity contribution in [1.82, 2.24) is 20.0 Å². The maximum absolute atomic E-state index is 12.9. The maximum atomic E-state index is 12.9. The summed E-state index contributed by atoms with van der Waals surface area (Å²) in [5, 5.41) is 7.78. The van der Waals surface area contributed by atoms with Crippen LogP contribution < -0.4 is 5.32 Å². The van der Waals surface area contributed by atoms with Crippen molar-refractivity contribution >= 4 is 23.2 Å². The molecule has 1 N–H and O–H groups in total. The molecule has 1 aromatic carbocycles. The number of thiazole rings is 1. The predicted octanol–water partition coefficient (Wildman–Crippen LogP) is 4.22. The fraction of sp³-hybridized carbons (Fsp3) is 0.368. The number of hydrogen-bond acceptors (Lipinski definition) is 6. The Labute approximate surface area is 161 Å². The molecule has 140 valence electrons. The van der Waals surface area contributed by atoms with Crippen molar-refractivity contribution in [2.75, 3.05) is 18.4 Å². The van der Waals surface area contributed by atoms with Gasteiger partial charge in [-0.1, -0.05) is 35.5 Å². The number of aryl methyl sites for hydroxylation is 2. The first-order chi connectivity index (χ1) is 13.1. The third-order valence-electron chi connectivity index (χ3n) is 4.60. The molecule has 2 amide bonds. The number of anilines is 1. The quantitative estimate of drug-likeness (QED) is 0.732. The van der Waals surface area contributed by atoms with Gasteiger partial charge in [0.15, 0.2) is 11.6 Å². The molecule has 1 aliphatic rings. The molecular formula is C19H21N5O2S. The van der Waals surface area contributed by atoms with E-state index in [4.69, 9.17) is 4.52 Å². The van der Waals surface area contributed by atoms with Gasteiger partial charge in [0.25, 0.3) is 0 Å². The van der Waals surface area contributed by atoms with E-state index in [0.717, 1.165) is 28.3 Å². The summed E-state index contributed by atoms with van der Waals surface area (Å²) in [6.45, 7) is 5.02. The Morgan fingerprint density at radius 2 is 2.07 bits per heavy atom. The molecule has 8 heteroatoms. The van der Waals surface area contributed by atoms with E-state index in [-0.39, 0.29) is 11.9 Å². The van der Waals surface area contributed by atoms with Crippen molar-refractivity contribution in [1.29, 1.82) is 0 Å². The number of piperidine rings is 1. The topological polar surface area (TPSA) is 84.2 Å². The molecule has 4 rings (SSSR count). The van der Waals surface area contributed by atoms with Gasteiger partial charge in [-0.25, -0.2) is 9.78 Å². The highest BCUT2D eigenvalue weighted by Crippen LogP contribution is 2.34. The van der Waals surface area contributed by atoms with Gasteiger partial charge in [-0.2, -0.15) is 4.98 Å². The summed E-state index contributed by atoms with van der Waals surface area (Å²) in [7, 11) is 0. The lowest BCUT2D eigenvalue weighted by Gasteiger charge is -2.30. The number of carbonyl (C=O) groups is 1. The Morgan fingerprint density at radius 3 is 2.81 bits per heavy atom. The van der Waals surface area contributed by atoms with E-state index in [1.54, 1.807) is 23.2 Å². The second-order valence-corrected chi connectivity index (χ2v) is 7.87. The third kappa shape index (κ3) is 3.85. The number of benzene rings is 1. The monoisotopic (exact) mass is 383 g/mol. The Balaban J connectivity index is 1.49. The van der Waals surface area contributed by atoms with E-state index in [0.29, 0.717) is 30.6 Å². The SMILES string of the molecule is Cc1noc([C@@H]2CCCN(C(=O)Nc3nc(C)sc3-c3ccccc3)C2)n1.